The second-order valence-corrected chi connectivity index (χ2v) is 7.81. The van der Waals surface area contributed by atoms with Crippen LogP contribution in [0.5, 0.6) is 5.75 Å². The predicted molar refractivity (Wildman–Crippen MR) is 98.0 cm³/mol. The summed E-state index contributed by atoms with van der Waals surface area (Å²) in [6.45, 7) is 5.54. The summed E-state index contributed by atoms with van der Waals surface area (Å²) in [5.74, 6) is 0.162. The van der Waals surface area contributed by atoms with Crippen LogP contribution < -0.4 is 0 Å². The highest BCUT2D eigenvalue weighted by Gasteiger charge is 2.14. The number of carbonyl (C=O) groups excluding carboxylic acids is 1. The molecule has 0 saturated carbocycles. The second-order valence-electron chi connectivity index (χ2n) is 6.20. The van der Waals surface area contributed by atoms with Crippen molar-refractivity contribution in [3.63, 3.8) is 0 Å². The van der Waals surface area contributed by atoms with Gasteiger partial charge in [-0.2, -0.15) is 8.42 Å². The summed E-state index contributed by atoms with van der Waals surface area (Å²) in [6.07, 6.45) is 7.29. The first-order chi connectivity index (χ1) is 11.8. The minimum atomic E-state index is -3.75. The number of Topliss-reactive ketones (excluding diaryl/α,β-unsaturated/α-hetero) is 1. The van der Waals surface area contributed by atoms with Gasteiger partial charge in [0.05, 0.1) is 11.5 Å². The summed E-state index contributed by atoms with van der Waals surface area (Å²) in [5, 5.41) is 9.17. The highest BCUT2D eigenvalue weighted by Crippen LogP contribution is 2.17. The van der Waals surface area contributed by atoms with E-state index >= 15 is 0 Å². The molecule has 0 saturated heterocycles. The number of carbonyl (C=O) groups is 1. The van der Waals surface area contributed by atoms with Crippen molar-refractivity contribution in [2.24, 2.45) is 0 Å². The van der Waals surface area contributed by atoms with Gasteiger partial charge in [-0.25, -0.2) is 0 Å². The third-order valence-electron chi connectivity index (χ3n) is 3.89. The minimum absolute atomic E-state index is 0.0166. The Kier molecular flexibility index (Phi) is 9.45. The monoisotopic (exact) mass is 368 g/mol. The van der Waals surface area contributed by atoms with Crippen LogP contribution in [0.25, 0.3) is 0 Å². The third-order valence-corrected chi connectivity index (χ3v) is 5.21. The van der Waals surface area contributed by atoms with E-state index in [1.54, 1.807) is 6.92 Å². The molecule has 6 heteroatoms. The predicted octanol–water partition coefficient (Wildman–Crippen LogP) is 4.36. The average Bonchev–Trinajstić information content (AvgIpc) is 2.56. The molecular formula is C19H28O5S. The normalized spacial score (nSPS) is 11.4. The van der Waals surface area contributed by atoms with Crippen LogP contribution in [0.2, 0.25) is 0 Å². The van der Waals surface area contributed by atoms with Gasteiger partial charge in [0.15, 0.2) is 5.78 Å². The van der Waals surface area contributed by atoms with Gasteiger partial charge < -0.3 is 5.11 Å². The van der Waals surface area contributed by atoms with E-state index < -0.39 is 10.1 Å². The molecule has 0 unspecified atom stereocenters. The van der Waals surface area contributed by atoms with Gasteiger partial charge in [0.1, 0.15) is 5.75 Å². The van der Waals surface area contributed by atoms with Gasteiger partial charge in [0, 0.05) is 6.42 Å². The zero-order valence-corrected chi connectivity index (χ0v) is 15.7. The zero-order chi connectivity index (χ0) is 18.7. The van der Waals surface area contributed by atoms with Crippen molar-refractivity contribution in [2.75, 3.05) is 6.61 Å². The molecule has 0 spiro atoms. The topological polar surface area (TPSA) is 80.7 Å². The van der Waals surface area contributed by atoms with Gasteiger partial charge in [0.25, 0.3) is 10.1 Å². The first-order valence-corrected chi connectivity index (χ1v) is 10.1. The first-order valence-electron chi connectivity index (χ1n) is 8.70. The van der Waals surface area contributed by atoms with Crippen LogP contribution in [0, 0.1) is 0 Å². The van der Waals surface area contributed by atoms with Crippen molar-refractivity contribution >= 4 is 15.9 Å². The maximum Gasteiger partial charge on any atom is 0.296 e. The quantitative estimate of drug-likeness (QED) is 0.318. The Morgan fingerprint density at radius 2 is 1.52 bits per heavy atom. The summed E-state index contributed by atoms with van der Waals surface area (Å²) >= 11 is 0. The molecule has 0 fully saturated rings. The Morgan fingerprint density at radius 3 is 2.08 bits per heavy atom. The molecular weight excluding hydrogens is 340 g/mol. The highest BCUT2D eigenvalue weighted by atomic mass is 32.2. The number of unbranched alkanes of at least 4 members (excludes halogenated alkanes) is 6. The first kappa shape index (κ1) is 21.4. The lowest BCUT2D eigenvalue weighted by Crippen LogP contribution is -2.07. The van der Waals surface area contributed by atoms with Crippen molar-refractivity contribution in [2.45, 2.75) is 63.2 Å². The molecule has 0 bridgehead atoms. The molecule has 0 aliphatic rings. The lowest BCUT2D eigenvalue weighted by Gasteiger charge is -2.06. The molecule has 1 aromatic rings. The van der Waals surface area contributed by atoms with Gasteiger partial charge in [-0.3, -0.25) is 8.98 Å². The SMILES string of the molecule is C=C(C)C(=O)CCCCCCCCCOS(=O)(=O)c1ccc(O)cc1. The Labute approximate surface area is 150 Å². The van der Waals surface area contributed by atoms with E-state index in [1.165, 1.54) is 24.3 Å². The van der Waals surface area contributed by atoms with Crippen LogP contribution in [-0.2, 0) is 19.1 Å². The van der Waals surface area contributed by atoms with Crippen molar-refractivity contribution in [1.29, 1.82) is 0 Å². The summed E-state index contributed by atoms with van der Waals surface area (Å²) in [7, 11) is -3.75. The molecule has 1 aromatic carbocycles. The molecule has 0 aromatic heterocycles. The standard InChI is InChI=1S/C19H28O5S/c1-16(2)19(21)10-8-6-4-3-5-7-9-15-24-25(22,23)18-13-11-17(20)12-14-18/h11-14,20H,1,3-10,15H2,2H3. The fraction of sp³-hybridized carbons (Fsp3) is 0.526. The van der Waals surface area contributed by atoms with E-state index in [1.807, 2.05) is 0 Å². The third kappa shape index (κ3) is 8.84. The Balaban J connectivity index is 2.06. The number of benzene rings is 1. The number of ketones is 1. The lowest BCUT2D eigenvalue weighted by atomic mass is 10.0. The van der Waals surface area contributed by atoms with Crippen molar-refractivity contribution in [3.05, 3.63) is 36.4 Å². The van der Waals surface area contributed by atoms with Crippen molar-refractivity contribution < 1.29 is 22.5 Å². The largest absolute Gasteiger partial charge is 0.508 e. The van der Waals surface area contributed by atoms with Crippen LogP contribution in [0.3, 0.4) is 0 Å². The van der Waals surface area contributed by atoms with Crippen molar-refractivity contribution in [1.82, 2.24) is 0 Å². The molecule has 140 valence electrons. The van der Waals surface area contributed by atoms with Crippen molar-refractivity contribution in [3.8, 4) is 5.75 Å². The second kappa shape index (κ2) is 11.1. The number of phenolic OH excluding ortho intramolecular Hbond substituents is 1. The maximum absolute atomic E-state index is 11.9. The molecule has 0 aliphatic carbocycles. The van der Waals surface area contributed by atoms with Gasteiger partial charge >= 0.3 is 0 Å². The maximum atomic E-state index is 11.9. The summed E-state index contributed by atoms with van der Waals surface area (Å²) in [5.41, 5.74) is 0.627. The summed E-state index contributed by atoms with van der Waals surface area (Å²) in [6, 6.07) is 5.28. The summed E-state index contributed by atoms with van der Waals surface area (Å²) in [4.78, 5) is 11.4. The molecule has 0 heterocycles. The number of aromatic hydroxyl groups is 1. The fourth-order valence-corrected chi connectivity index (χ4v) is 3.28. The molecule has 25 heavy (non-hydrogen) atoms. The van der Waals surface area contributed by atoms with Crippen LogP contribution in [0.1, 0.15) is 58.3 Å². The number of hydrogen-bond donors (Lipinski definition) is 1. The highest BCUT2D eigenvalue weighted by molar-refractivity contribution is 7.86. The van der Waals surface area contributed by atoms with E-state index in [-0.39, 0.29) is 23.0 Å². The van der Waals surface area contributed by atoms with Crippen LogP contribution >= 0.6 is 0 Å². The summed E-state index contributed by atoms with van der Waals surface area (Å²) < 4.78 is 28.8. The van der Waals surface area contributed by atoms with Crippen LogP contribution in [-0.4, -0.2) is 25.9 Å². The van der Waals surface area contributed by atoms with E-state index in [4.69, 9.17) is 9.29 Å². The Bertz CT molecular complexity index is 647. The van der Waals surface area contributed by atoms with E-state index in [9.17, 15) is 13.2 Å². The lowest BCUT2D eigenvalue weighted by molar-refractivity contribution is -0.115. The van der Waals surface area contributed by atoms with Gasteiger partial charge in [-0.05, 0) is 49.6 Å². The molecule has 1 N–H and O–H groups in total. The van der Waals surface area contributed by atoms with E-state index in [2.05, 4.69) is 6.58 Å². The smallest absolute Gasteiger partial charge is 0.296 e. The van der Waals surface area contributed by atoms with Gasteiger partial charge in [-0.15, -0.1) is 0 Å². The molecule has 1 rings (SSSR count). The number of rotatable bonds is 13. The molecule has 0 radical (unpaired) electrons. The van der Waals surface area contributed by atoms with E-state index in [0.717, 1.165) is 38.5 Å². The zero-order valence-electron chi connectivity index (χ0n) is 14.9. The molecule has 0 aliphatic heterocycles. The van der Waals surface area contributed by atoms with Crippen LogP contribution in [0.4, 0.5) is 0 Å². The molecule has 5 nitrogen and oxygen atoms in total. The molecule has 0 atom stereocenters. The minimum Gasteiger partial charge on any atom is -0.508 e. The Morgan fingerprint density at radius 1 is 1.00 bits per heavy atom. The number of phenols is 1. The fourth-order valence-electron chi connectivity index (χ4n) is 2.33. The van der Waals surface area contributed by atoms with Gasteiger partial charge in [0.2, 0.25) is 0 Å². The number of hydrogen-bond acceptors (Lipinski definition) is 5. The molecule has 0 amide bonds. The Hall–Kier alpha value is -1.66. The van der Waals surface area contributed by atoms with E-state index in [0.29, 0.717) is 18.4 Å². The van der Waals surface area contributed by atoms with Gasteiger partial charge in [-0.1, -0.05) is 38.7 Å². The average molecular weight is 368 g/mol. The van der Waals surface area contributed by atoms with Crippen LogP contribution in [0.15, 0.2) is 41.3 Å². The number of allylic oxidation sites excluding steroid dienone is 1.